The molecule has 18 heavy (non-hydrogen) atoms. The topological polar surface area (TPSA) is 21.3 Å². The molecule has 2 nitrogen and oxygen atoms in total. The van der Waals surface area contributed by atoms with Crippen LogP contribution in [0.1, 0.15) is 53.4 Å². The quantitative estimate of drug-likeness (QED) is 0.846. The van der Waals surface area contributed by atoms with Gasteiger partial charge >= 0.3 is 0 Å². The van der Waals surface area contributed by atoms with Crippen molar-refractivity contribution >= 4 is 11.8 Å². The van der Waals surface area contributed by atoms with Crippen molar-refractivity contribution in [2.45, 2.75) is 76.0 Å². The lowest BCUT2D eigenvalue weighted by atomic mass is 9.75. The monoisotopic (exact) mass is 271 g/mol. The molecule has 0 aromatic heterocycles. The molecular formula is C15H29NOS. The summed E-state index contributed by atoms with van der Waals surface area (Å²) >= 11 is 2.20. The van der Waals surface area contributed by atoms with Crippen LogP contribution in [0, 0.1) is 5.41 Å². The fourth-order valence-electron chi connectivity index (χ4n) is 3.28. The summed E-state index contributed by atoms with van der Waals surface area (Å²) in [4.78, 5) is 0. The highest BCUT2D eigenvalue weighted by Crippen LogP contribution is 2.43. The summed E-state index contributed by atoms with van der Waals surface area (Å²) in [6, 6.07) is 0.709. The lowest BCUT2D eigenvalue weighted by Gasteiger charge is -2.42. The first kappa shape index (κ1) is 14.7. The molecule has 0 aromatic carbocycles. The summed E-state index contributed by atoms with van der Waals surface area (Å²) in [6.45, 7) is 11.4. The third kappa shape index (κ3) is 3.64. The zero-order chi connectivity index (χ0) is 13.2. The van der Waals surface area contributed by atoms with Crippen LogP contribution in [0.2, 0.25) is 0 Å². The molecule has 2 aliphatic rings. The van der Waals surface area contributed by atoms with E-state index < -0.39 is 0 Å². The molecule has 1 saturated heterocycles. The largest absolute Gasteiger partial charge is 0.377 e. The van der Waals surface area contributed by atoms with Crippen LogP contribution in [0.3, 0.4) is 0 Å². The van der Waals surface area contributed by atoms with Crippen molar-refractivity contribution in [2.24, 2.45) is 5.41 Å². The SMILES string of the molecule is CCNC1CCC(C)(C)CC1SC1CCOC1C. The van der Waals surface area contributed by atoms with Crippen molar-refractivity contribution in [1.29, 1.82) is 0 Å². The van der Waals surface area contributed by atoms with E-state index in [1.54, 1.807) is 0 Å². The number of hydrogen-bond donors (Lipinski definition) is 1. The van der Waals surface area contributed by atoms with E-state index in [-0.39, 0.29) is 0 Å². The molecule has 0 amide bonds. The number of ether oxygens (including phenoxy) is 1. The maximum Gasteiger partial charge on any atom is 0.0666 e. The van der Waals surface area contributed by atoms with Crippen molar-refractivity contribution in [3.63, 3.8) is 0 Å². The molecule has 4 unspecified atom stereocenters. The predicted octanol–water partition coefficient (Wildman–Crippen LogP) is 3.45. The maximum absolute atomic E-state index is 5.71. The lowest BCUT2D eigenvalue weighted by Crippen LogP contribution is -2.45. The zero-order valence-electron chi connectivity index (χ0n) is 12.4. The Labute approximate surface area is 117 Å². The summed E-state index contributed by atoms with van der Waals surface area (Å²) in [6.07, 6.45) is 5.72. The fourth-order valence-corrected chi connectivity index (χ4v) is 5.23. The summed E-state index contributed by atoms with van der Waals surface area (Å²) in [5, 5.41) is 5.18. The van der Waals surface area contributed by atoms with Crippen LogP contribution >= 0.6 is 11.8 Å². The average molecular weight is 271 g/mol. The standard InChI is InChI=1S/C15H29NOS/c1-5-16-12-6-8-15(3,4)10-14(12)18-13-7-9-17-11(13)2/h11-14,16H,5-10H2,1-4H3. The van der Waals surface area contributed by atoms with Gasteiger partial charge in [0.25, 0.3) is 0 Å². The first-order valence-corrected chi connectivity index (χ1v) is 8.46. The summed E-state index contributed by atoms with van der Waals surface area (Å²) < 4.78 is 5.71. The van der Waals surface area contributed by atoms with Gasteiger partial charge in [-0.3, -0.25) is 0 Å². The van der Waals surface area contributed by atoms with E-state index in [1.165, 1.54) is 25.7 Å². The van der Waals surface area contributed by atoms with E-state index in [0.29, 0.717) is 22.8 Å². The second kappa shape index (κ2) is 6.15. The Morgan fingerprint density at radius 3 is 2.67 bits per heavy atom. The van der Waals surface area contributed by atoms with Gasteiger partial charge in [0.15, 0.2) is 0 Å². The second-order valence-electron chi connectivity index (χ2n) is 6.65. The van der Waals surface area contributed by atoms with Gasteiger partial charge in [-0.25, -0.2) is 0 Å². The number of hydrogen-bond acceptors (Lipinski definition) is 3. The maximum atomic E-state index is 5.71. The Hall–Kier alpha value is 0.270. The average Bonchev–Trinajstić information content (AvgIpc) is 2.68. The Morgan fingerprint density at radius 1 is 1.28 bits per heavy atom. The minimum atomic E-state index is 0.447. The first-order chi connectivity index (χ1) is 8.52. The van der Waals surface area contributed by atoms with Crippen LogP contribution in [0.25, 0.3) is 0 Å². The van der Waals surface area contributed by atoms with Gasteiger partial charge in [-0.15, -0.1) is 0 Å². The van der Waals surface area contributed by atoms with Gasteiger partial charge in [-0.05, 0) is 44.6 Å². The van der Waals surface area contributed by atoms with Crippen LogP contribution < -0.4 is 5.32 Å². The molecule has 0 aromatic rings. The Bertz CT molecular complexity index is 269. The van der Waals surface area contributed by atoms with E-state index in [0.717, 1.165) is 18.4 Å². The number of rotatable bonds is 4. The predicted molar refractivity (Wildman–Crippen MR) is 80.3 cm³/mol. The van der Waals surface area contributed by atoms with Crippen LogP contribution in [-0.2, 0) is 4.74 Å². The number of thioether (sulfide) groups is 1. The summed E-state index contributed by atoms with van der Waals surface area (Å²) in [7, 11) is 0. The van der Waals surface area contributed by atoms with Gasteiger partial charge in [0.1, 0.15) is 0 Å². The van der Waals surface area contributed by atoms with Crippen LogP contribution in [0.5, 0.6) is 0 Å². The molecule has 1 saturated carbocycles. The van der Waals surface area contributed by atoms with Crippen LogP contribution in [0.15, 0.2) is 0 Å². The Balaban J connectivity index is 1.96. The van der Waals surface area contributed by atoms with Gasteiger partial charge < -0.3 is 10.1 Å². The fraction of sp³-hybridized carbons (Fsp3) is 1.00. The van der Waals surface area contributed by atoms with Gasteiger partial charge in [-0.2, -0.15) is 11.8 Å². The molecule has 1 heterocycles. The van der Waals surface area contributed by atoms with E-state index in [2.05, 4.69) is 44.8 Å². The molecule has 0 spiro atoms. The second-order valence-corrected chi connectivity index (χ2v) is 8.13. The van der Waals surface area contributed by atoms with Gasteiger partial charge in [0, 0.05) is 23.1 Å². The summed E-state index contributed by atoms with van der Waals surface area (Å²) in [5.41, 5.74) is 0.520. The molecule has 106 valence electrons. The van der Waals surface area contributed by atoms with Gasteiger partial charge in [-0.1, -0.05) is 20.8 Å². The van der Waals surface area contributed by atoms with E-state index in [9.17, 15) is 0 Å². The highest BCUT2D eigenvalue weighted by Gasteiger charge is 2.38. The molecule has 2 fully saturated rings. The normalized spacial score (nSPS) is 40.0. The molecule has 0 radical (unpaired) electrons. The van der Waals surface area contributed by atoms with Gasteiger partial charge in [0.05, 0.1) is 6.10 Å². The van der Waals surface area contributed by atoms with Crippen molar-refractivity contribution in [1.82, 2.24) is 5.32 Å². The smallest absolute Gasteiger partial charge is 0.0666 e. The minimum Gasteiger partial charge on any atom is -0.377 e. The minimum absolute atomic E-state index is 0.447. The Kier molecular flexibility index (Phi) is 5.01. The third-order valence-corrected chi connectivity index (χ3v) is 6.27. The third-order valence-electron chi connectivity index (χ3n) is 4.46. The number of nitrogens with one attached hydrogen (secondary N) is 1. The van der Waals surface area contributed by atoms with Crippen molar-refractivity contribution in [3.05, 3.63) is 0 Å². The highest BCUT2D eigenvalue weighted by atomic mass is 32.2. The van der Waals surface area contributed by atoms with Crippen molar-refractivity contribution in [3.8, 4) is 0 Å². The van der Waals surface area contributed by atoms with Gasteiger partial charge in [0.2, 0.25) is 0 Å². The summed E-state index contributed by atoms with van der Waals surface area (Å²) in [5.74, 6) is 0. The Morgan fingerprint density at radius 2 is 2.06 bits per heavy atom. The molecular weight excluding hydrogens is 242 g/mol. The molecule has 1 N–H and O–H groups in total. The molecule has 3 heteroatoms. The first-order valence-electron chi connectivity index (χ1n) is 7.52. The van der Waals surface area contributed by atoms with E-state index >= 15 is 0 Å². The lowest BCUT2D eigenvalue weighted by molar-refractivity contribution is 0.127. The van der Waals surface area contributed by atoms with Crippen LogP contribution in [0.4, 0.5) is 0 Å². The highest BCUT2D eigenvalue weighted by molar-refractivity contribution is 8.00. The molecule has 0 bridgehead atoms. The van der Waals surface area contributed by atoms with Crippen molar-refractivity contribution in [2.75, 3.05) is 13.2 Å². The zero-order valence-corrected chi connectivity index (χ0v) is 13.2. The van der Waals surface area contributed by atoms with Crippen molar-refractivity contribution < 1.29 is 4.74 Å². The van der Waals surface area contributed by atoms with E-state index in [1.807, 2.05) is 0 Å². The molecule has 1 aliphatic carbocycles. The van der Waals surface area contributed by atoms with E-state index in [4.69, 9.17) is 4.74 Å². The molecule has 1 aliphatic heterocycles. The molecule has 2 rings (SSSR count). The van der Waals surface area contributed by atoms with Crippen LogP contribution in [-0.4, -0.2) is 35.8 Å². The molecule has 4 atom stereocenters.